The van der Waals surface area contributed by atoms with E-state index in [1.807, 2.05) is 35.2 Å². The van der Waals surface area contributed by atoms with Crippen LogP contribution in [0.5, 0.6) is 5.75 Å². The van der Waals surface area contributed by atoms with Gasteiger partial charge in [-0.25, -0.2) is 0 Å². The monoisotopic (exact) mass is 414 g/mol. The highest BCUT2D eigenvalue weighted by molar-refractivity contribution is 6.30. The average molecular weight is 415 g/mol. The van der Waals surface area contributed by atoms with E-state index >= 15 is 0 Å². The number of carbonyl (C=O) groups is 1. The lowest BCUT2D eigenvalue weighted by Gasteiger charge is -2.37. The number of nitro groups is 1. The lowest BCUT2D eigenvalue weighted by atomic mass is 10.1. The van der Waals surface area contributed by atoms with Crippen molar-refractivity contribution in [3.63, 3.8) is 0 Å². The van der Waals surface area contributed by atoms with Crippen LogP contribution in [0, 0.1) is 21.4 Å². The van der Waals surface area contributed by atoms with Crippen molar-refractivity contribution in [2.24, 2.45) is 0 Å². The molecule has 29 heavy (non-hydrogen) atoms. The van der Waals surface area contributed by atoms with Gasteiger partial charge in [-0.2, -0.15) is 5.26 Å². The predicted octanol–water partition coefficient (Wildman–Crippen LogP) is 3.04. The number of ether oxygens (including phenoxy) is 1. The normalized spacial score (nSPS) is 15.4. The molecule has 0 N–H and O–H groups in total. The molecule has 1 unspecified atom stereocenters. The van der Waals surface area contributed by atoms with E-state index < -0.39 is 4.92 Å². The molecule has 0 aliphatic carbocycles. The Bertz CT molecular complexity index is 924. The molecule has 9 heteroatoms. The van der Waals surface area contributed by atoms with Crippen molar-refractivity contribution in [2.75, 3.05) is 32.8 Å². The third-order valence-corrected chi connectivity index (χ3v) is 4.97. The minimum atomic E-state index is -0.601. The first-order valence-corrected chi connectivity index (χ1v) is 9.40. The molecule has 1 fully saturated rings. The SMILES string of the molecule is N#CC(c1ccccc1)N1CCN(C(=O)COc2ccc(Cl)cc2[N+](=O)[O-])CC1. The Kier molecular flexibility index (Phi) is 6.65. The third kappa shape index (κ3) is 5.02. The molecular weight excluding hydrogens is 396 g/mol. The number of piperazine rings is 1. The minimum Gasteiger partial charge on any atom is -0.477 e. The van der Waals surface area contributed by atoms with Crippen LogP contribution < -0.4 is 4.74 Å². The molecule has 1 aliphatic rings. The van der Waals surface area contributed by atoms with Gasteiger partial charge in [0.15, 0.2) is 12.4 Å². The highest BCUT2D eigenvalue weighted by Crippen LogP contribution is 2.30. The first kappa shape index (κ1) is 20.6. The standard InChI is InChI=1S/C20H19ClN4O4/c21-16-6-7-19(17(12-16)25(27)28)29-14-20(26)24-10-8-23(9-11-24)18(13-22)15-4-2-1-3-5-15/h1-7,12,18H,8-11,14H2. The minimum absolute atomic E-state index is 0.00000751. The van der Waals surface area contributed by atoms with Crippen molar-refractivity contribution >= 4 is 23.2 Å². The van der Waals surface area contributed by atoms with Crippen molar-refractivity contribution in [1.82, 2.24) is 9.80 Å². The van der Waals surface area contributed by atoms with Gasteiger partial charge in [0.2, 0.25) is 0 Å². The second-order valence-corrected chi connectivity index (χ2v) is 6.95. The lowest BCUT2D eigenvalue weighted by Crippen LogP contribution is -2.50. The molecule has 1 saturated heterocycles. The molecule has 1 atom stereocenters. The van der Waals surface area contributed by atoms with Gasteiger partial charge < -0.3 is 9.64 Å². The van der Waals surface area contributed by atoms with Gasteiger partial charge in [-0.1, -0.05) is 41.9 Å². The largest absolute Gasteiger partial charge is 0.477 e. The zero-order valence-electron chi connectivity index (χ0n) is 15.5. The first-order valence-electron chi connectivity index (χ1n) is 9.02. The molecule has 2 aromatic rings. The van der Waals surface area contributed by atoms with Gasteiger partial charge in [0.25, 0.3) is 5.91 Å². The van der Waals surface area contributed by atoms with Crippen LogP contribution in [0.3, 0.4) is 0 Å². The highest BCUT2D eigenvalue weighted by Gasteiger charge is 2.27. The quantitative estimate of drug-likeness (QED) is 0.532. The fourth-order valence-electron chi connectivity index (χ4n) is 3.22. The summed E-state index contributed by atoms with van der Waals surface area (Å²) in [7, 11) is 0. The number of nitro benzene ring substituents is 1. The Morgan fingerprint density at radius 1 is 1.21 bits per heavy atom. The molecule has 3 rings (SSSR count). The number of carbonyl (C=O) groups excluding carboxylic acids is 1. The number of amides is 1. The van der Waals surface area contributed by atoms with E-state index in [1.165, 1.54) is 18.2 Å². The number of benzene rings is 2. The summed E-state index contributed by atoms with van der Waals surface area (Å²) < 4.78 is 5.38. The molecule has 0 saturated carbocycles. The van der Waals surface area contributed by atoms with Crippen LogP contribution in [0.15, 0.2) is 48.5 Å². The topological polar surface area (TPSA) is 99.7 Å². The Balaban J connectivity index is 1.56. The van der Waals surface area contributed by atoms with Gasteiger partial charge in [-0.15, -0.1) is 0 Å². The second-order valence-electron chi connectivity index (χ2n) is 6.52. The molecule has 1 amide bonds. The summed E-state index contributed by atoms with van der Waals surface area (Å²) in [5.41, 5.74) is 0.642. The molecule has 1 aliphatic heterocycles. The average Bonchev–Trinajstić information content (AvgIpc) is 2.74. The molecular formula is C20H19ClN4O4. The molecule has 2 aromatic carbocycles. The summed E-state index contributed by atoms with van der Waals surface area (Å²) >= 11 is 5.78. The van der Waals surface area contributed by atoms with Crippen LogP contribution in [0.2, 0.25) is 5.02 Å². The summed E-state index contributed by atoms with van der Waals surface area (Å²) in [6.45, 7) is 1.72. The molecule has 0 radical (unpaired) electrons. The second kappa shape index (κ2) is 9.37. The number of rotatable bonds is 6. The van der Waals surface area contributed by atoms with Gasteiger partial charge in [-0.3, -0.25) is 19.8 Å². The van der Waals surface area contributed by atoms with Crippen molar-refractivity contribution < 1.29 is 14.5 Å². The van der Waals surface area contributed by atoms with E-state index in [2.05, 4.69) is 6.07 Å². The van der Waals surface area contributed by atoms with Gasteiger partial charge >= 0.3 is 5.69 Å². The summed E-state index contributed by atoms with van der Waals surface area (Å²) in [5, 5.41) is 20.9. The molecule has 8 nitrogen and oxygen atoms in total. The van der Waals surface area contributed by atoms with Crippen LogP contribution in [0.4, 0.5) is 5.69 Å². The summed E-state index contributed by atoms with van der Waals surface area (Å²) in [6.07, 6.45) is 0. The summed E-state index contributed by atoms with van der Waals surface area (Å²) in [5.74, 6) is -0.262. The maximum absolute atomic E-state index is 12.5. The Labute approximate surface area is 173 Å². The van der Waals surface area contributed by atoms with E-state index in [0.717, 1.165) is 5.56 Å². The van der Waals surface area contributed by atoms with Gasteiger partial charge in [0, 0.05) is 37.3 Å². The van der Waals surface area contributed by atoms with E-state index in [9.17, 15) is 20.2 Å². The lowest BCUT2D eigenvalue weighted by molar-refractivity contribution is -0.385. The van der Waals surface area contributed by atoms with Gasteiger partial charge in [-0.05, 0) is 17.7 Å². The number of hydrogen-bond donors (Lipinski definition) is 0. The highest BCUT2D eigenvalue weighted by atomic mass is 35.5. The van der Waals surface area contributed by atoms with Crippen molar-refractivity contribution in [2.45, 2.75) is 6.04 Å². The van der Waals surface area contributed by atoms with Gasteiger partial charge in [0.1, 0.15) is 6.04 Å². The van der Waals surface area contributed by atoms with Crippen LogP contribution in [-0.2, 0) is 4.79 Å². The smallest absolute Gasteiger partial charge is 0.312 e. The van der Waals surface area contributed by atoms with E-state index in [0.29, 0.717) is 26.2 Å². The Morgan fingerprint density at radius 3 is 2.52 bits per heavy atom. The number of nitrogens with zero attached hydrogens (tertiary/aromatic N) is 4. The van der Waals surface area contributed by atoms with Crippen LogP contribution in [0.1, 0.15) is 11.6 Å². The number of halogens is 1. The third-order valence-electron chi connectivity index (χ3n) is 4.74. The van der Waals surface area contributed by atoms with Crippen molar-refractivity contribution in [3.8, 4) is 11.8 Å². The van der Waals surface area contributed by atoms with Crippen LogP contribution in [0.25, 0.3) is 0 Å². The molecule has 0 aromatic heterocycles. The summed E-state index contributed by atoms with van der Waals surface area (Å²) in [4.78, 5) is 26.6. The first-order chi connectivity index (χ1) is 14.0. The van der Waals surface area contributed by atoms with Crippen LogP contribution >= 0.6 is 11.6 Å². The van der Waals surface area contributed by atoms with E-state index in [-0.39, 0.29) is 35.0 Å². The molecule has 150 valence electrons. The zero-order chi connectivity index (χ0) is 20.8. The molecule has 0 spiro atoms. The van der Waals surface area contributed by atoms with Crippen LogP contribution in [-0.4, -0.2) is 53.4 Å². The zero-order valence-corrected chi connectivity index (χ0v) is 16.3. The van der Waals surface area contributed by atoms with E-state index in [1.54, 1.807) is 4.90 Å². The molecule has 0 bridgehead atoms. The summed E-state index contributed by atoms with van der Waals surface area (Å²) in [6, 6.07) is 15.5. The Hall–Kier alpha value is -3.15. The fourth-order valence-corrected chi connectivity index (χ4v) is 3.38. The number of nitriles is 1. The van der Waals surface area contributed by atoms with E-state index in [4.69, 9.17) is 16.3 Å². The molecule has 1 heterocycles. The Morgan fingerprint density at radius 2 is 1.90 bits per heavy atom. The van der Waals surface area contributed by atoms with Gasteiger partial charge in [0.05, 0.1) is 11.0 Å². The van der Waals surface area contributed by atoms with Crippen molar-refractivity contribution in [1.29, 1.82) is 5.26 Å². The predicted molar refractivity (Wildman–Crippen MR) is 107 cm³/mol. The maximum Gasteiger partial charge on any atom is 0.312 e. The maximum atomic E-state index is 12.5. The van der Waals surface area contributed by atoms with Crippen molar-refractivity contribution in [3.05, 3.63) is 69.2 Å². The fraction of sp³-hybridized carbons (Fsp3) is 0.300. The number of hydrogen-bond acceptors (Lipinski definition) is 6.